The van der Waals surface area contributed by atoms with E-state index in [0.29, 0.717) is 13.0 Å². The fourth-order valence-corrected chi connectivity index (χ4v) is 5.11. The molecule has 0 saturated carbocycles. The molecule has 0 aliphatic carbocycles. The number of carbonyl (C=O) groups is 1. The number of fused-ring (bicyclic) bond motifs is 1. The molecule has 5 nitrogen and oxygen atoms in total. The van der Waals surface area contributed by atoms with E-state index >= 15 is 0 Å². The second-order valence-corrected chi connectivity index (χ2v) is 9.83. The molecule has 1 amide bonds. The maximum Gasteiger partial charge on any atom is 0.220 e. The molecule has 0 unspecified atom stereocenters. The summed E-state index contributed by atoms with van der Waals surface area (Å²) in [7, 11) is 0. The van der Waals surface area contributed by atoms with Gasteiger partial charge in [0.2, 0.25) is 5.91 Å². The van der Waals surface area contributed by atoms with E-state index in [4.69, 9.17) is 4.74 Å². The number of rotatable bonds is 9. The summed E-state index contributed by atoms with van der Waals surface area (Å²) >= 11 is 0. The molecule has 6 heteroatoms. The van der Waals surface area contributed by atoms with Crippen LogP contribution in [-0.2, 0) is 16.1 Å². The van der Waals surface area contributed by atoms with Crippen molar-refractivity contribution < 1.29 is 13.9 Å². The van der Waals surface area contributed by atoms with Gasteiger partial charge in [0.15, 0.2) is 0 Å². The van der Waals surface area contributed by atoms with E-state index in [1.54, 1.807) is 12.1 Å². The molecule has 4 aromatic rings. The zero-order chi connectivity index (χ0) is 25.6. The molecule has 37 heavy (non-hydrogen) atoms. The SMILES string of the molecule is Cc1ccc(Cn2cc([C@H](CC(=O)NCCN3CCOCC3)c3ccc(F)cc3)c3ccccc32)cc1. The van der Waals surface area contributed by atoms with Crippen LogP contribution in [0.1, 0.15) is 34.6 Å². The molecule has 1 atom stereocenters. The van der Waals surface area contributed by atoms with Gasteiger partial charge in [-0.25, -0.2) is 4.39 Å². The summed E-state index contributed by atoms with van der Waals surface area (Å²) in [5.74, 6) is -0.467. The number of aromatic nitrogens is 1. The lowest BCUT2D eigenvalue weighted by Gasteiger charge is -2.26. The molecule has 3 aromatic carbocycles. The Morgan fingerprint density at radius 2 is 1.73 bits per heavy atom. The van der Waals surface area contributed by atoms with E-state index < -0.39 is 0 Å². The lowest BCUT2D eigenvalue weighted by molar-refractivity contribution is -0.121. The van der Waals surface area contributed by atoms with E-state index in [1.165, 1.54) is 23.3 Å². The minimum Gasteiger partial charge on any atom is -0.379 e. The summed E-state index contributed by atoms with van der Waals surface area (Å²) in [6.07, 6.45) is 2.47. The van der Waals surface area contributed by atoms with Crippen LogP contribution in [0.4, 0.5) is 4.39 Å². The molecule has 192 valence electrons. The van der Waals surface area contributed by atoms with Crippen LogP contribution in [0.3, 0.4) is 0 Å². The third-order valence-electron chi connectivity index (χ3n) is 7.18. The first-order valence-corrected chi connectivity index (χ1v) is 13.0. The van der Waals surface area contributed by atoms with E-state index in [9.17, 15) is 9.18 Å². The highest BCUT2D eigenvalue weighted by Crippen LogP contribution is 2.35. The summed E-state index contributed by atoms with van der Waals surface area (Å²) in [5.41, 5.74) is 5.59. The van der Waals surface area contributed by atoms with E-state index in [2.05, 4.69) is 64.3 Å². The summed E-state index contributed by atoms with van der Waals surface area (Å²) in [5, 5.41) is 4.22. The standard InChI is InChI=1S/C31H34FN3O2/c1-23-6-8-24(9-7-23)21-35-22-29(27-4-2-3-5-30(27)35)28(25-10-12-26(32)13-11-25)20-31(36)33-14-15-34-16-18-37-19-17-34/h2-13,22,28H,14-21H2,1H3,(H,33,36)/t28-/m1/s1. The van der Waals surface area contributed by atoms with Gasteiger partial charge in [0.05, 0.1) is 13.2 Å². The summed E-state index contributed by atoms with van der Waals surface area (Å²) in [6, 6.07) is 23.4. The zero-order valence-electron chi connectivity index (χ0n) is 21.3. The highest BCUT2D eigenvalue weighted by molar-refractivity contribution is 5.86. The number of hydrogen-bond acceptors (Lipinski definition) is 3. The largest absolute Gasteiger partial charge is 0.379 e. The molecule has 0 spiro atoms. The monoisotopic (exact) mass is 499 g/mol. The third kappa shape index (κ3) is 6.27. The predicted octanol–water partition coefficient (Wildman–Crippen LogP) is 5.11. The van der Waals surface area contributed by atoms with E-state index in [1.807, 2.05) is 12.1 Å². The minimum absolute atomic E-state index is 0.00190. The molecule has 1 aliphatic rings. The van der Waals surface area contributed by atoms with Crippen molar-refractivity contribution in [2.75, 3.05) is 39.4 Å². The highest BCUT2D eigenvalue weighted by Gasteiger charge is 2.23. The maximum atomic E-state index is 13.8. The van der Waals surface area contributed by atoms with Crippen molar-refractivity contribution in [3.63, 3.8) is 0 Å². The van der Waals surface area contributed by atoms with Crippen LogP contribution in [-0.4, -0.2) is 54.8 Å². The van der Waals surface area contributed by atoms with Crippen LogP contribution in [0.15, 0.2) is 79.0 Å². The lowest BCUT2D eigenvalue weighted by Crippen LogP contribution is -2.41. The van der Waals surface area contributed by atoms with Gasteiger partial charge in [0.25, 0.3) is 0 Å². The maximum absolute atomic E-state index is 13.8. The first-order chi connectivity index (χ1) is 18.1. The normalized spacial score (nSPS) is 15.1. The summed E-state index contributed by atoms with van der Waals surface area (Å²) in [6.45, 7) is 7.52. The number of hydrogen-bond donors (Lipinski definition) is 1. The number of nitrogens with one attached hydrogen (secondary N) is 1. The van der Waals surface area contributed by atoms with Crippen LogP contribution in [0.5, 0.6) is 0 Å². The van der Waals surface area contributed by atoms with Gasteiger partial charge < -0.3 is 14.6 Å². The molecule has 1 N–H and O–H groups in total. The van der Waals surface area contributed by atoms with E-state index in [-0.39, 0.29) is 17.6 Å². The average Bonchev–Trinajstić information content (AvgIpc) is 3.28. The van der Waals surface area contributed by atoms with Gasteiger partial charge in [0.1, 0.15) is 5.82 Å². The molecule has 5 rings (SSSR count). The van der Waals surface area contributed by atoms with Gasteiger partial charge in [-0.05, 0) is 41.8 Å². The Bertz CT molecular complexity index is 1330. The molecule has 1 aromatic heterocycles. The fourth-order valence-electron chi connectivity index (χ4n) is 5.11. The van der Waals surface area contributed by atoms with Crippen LogP contribution < -0.4 is 5.32 Å². The second kappa shape index (κ2) is 11.7. The Hall–Kier alpha value is -3.48. The molecule has 1 aliphatic heterocycles. The van der Waals surface area contributed by atoms with E-state index in [0.717, 1.165) is 61.4 Å². The number of morpholine rings is 1. The molecule has 0 bridgehead atoms. The minimum atomic E-state index is -0.278. The number of carbonyl (C=O) groups excluding carboxylic acids is 1. The van der Waals surface area contributed by atoms with Crippen molar-refractivity contribution in [2.24, 2.45) is 0 Å². The third-order valence-corrected chi connectivity index (χ3v) is 7.18. The molecular formula is C31H34FN3O2. The van der Waals surface area contributed by atoms with Gasteiger partial charge in [-0.15, -0.1) is 0 Å². The number of benzene rings is 3. The Labute approximate surface area is 217 Å². The summed E-state index contributed by atoms with van der Waals surface area (Å²) < 4.78 is 21.4. The number of amides is 1. The van der Waals surface area contributed by atoms with Crippen LogP contribution in [0.2, 0.25) is 0 Å². The van der Waals surface area contributed by atoms with Crippen LogP contribution >= 0.6 is 0 Å². The van der Waals surface area contributed by atoms with Crippen molar-refractivity contribution in [3.05, 3.63) is 107 Å². The first-order valence-electron chi connectivity index (χ1n) is 13.0. The van der Waals surface area contributed by atoms with Gasteiger partial charge in [0, 0.05) is 62.2 Å². The van der Waals surface area contributed by atoms with Gasteiger partial charge >= 0.3 is 0 Å². The number of para-hydroxylation sites is 1. The highest BCUT2D eigenvalue weighted by atomic mass is 19.1. The van der Waals surface area contributed by atoms with Gasteiger partial charge in [-0.1, -0.05) is 60.2 Å². The van der Waals surface area contributed by atoms with Gasteiger partial charge in [-0.2, -0.15) is 0 Å². The number of ether oxygens (including phenoxy) is 1. The zero-order valence-corrected chi connectivity index (χ0v) is 21.3. The first kappa shape index (κ1) is 25.2. The lowest BCUT2D eigenvalue weighted by atomic mass is 9.88. The quantitative estimate of drug-likeness (QED) is 0.348. The Morgan fingerprint density at radius 3 is 2.49 bits per heavy atom. The molecule has 2 heterocycles. The Kier molecular flexibility index (Phi) is 7.97. The number of nitrogens with zero attached hydrogens (tertiary/aromatic N) is 2. The second-order valence-electron chi connectivity index (χ2n) is 9.83. The topological polar surface area (TPSA) is 46.5 Å². The fraction of sp³-hybridized carbons (Fsp3) is 0.323. The molecule has 1 fully saturated rings. The predicted molar refractivity (Wildman–Crippen MR) is 145 cm³/mol. The van der Waals surface area contributed by atoms with Crippen molar-refractivity contribution in [2.45, 2.75) is 25.8 Å². The van der Waals surface area contributed by atoms with Crippen LogP contribution in [0.25, 0.3) is 10.9 Å². The Morgan fingerprint density at radius 1 is 1.00 bits per heavy atom. The van der Waals surface area contributed by atoms with Crippen molar-refractivity contribution in [3.8, 4) is 0 Å². The van der Waals surface area contributed by atoms with Gasteiger partial charge in [-0.3, -0.25) is 9.69 Å². The molecular weight excluding hydrogens is 465 g/mol. The smallest absolute Gasteiger partial charge is 0.220 e. The molecule has 0 radical (unpaired) electrons. The van der Waals surface area contributed by atoms with Crippen molar-refractivity contribution in [1.29, 1.82) is 0 Å². The summed E-state index contributed by atoms with van der Waals surface area (Å²) in [4.78, 5) is 15.4. The number of aryl methyl sites for hydroxylation is 1. The average molecular weight is 500 g/mol. The van der Waals surface area contributed by atoms with Crippen LogP contribution in [0, 0.1) is 12.7 Å². The molecule has 1 saturated heterocycles. The number of halogens is 1. The van der Waals surface area contributed by atoms with Crippen molar-refractivity contribution >= 4 is 16.8 Å². The Balaban J connectivity index is 1.41. The van der Waals surface area contributed by atoms with Crippen molar-refractivity contribution in [1.82, 2.24) is 14.8 Å².